The van der Waals surface area contributed by atoms with E-state index >= 15 is 0 Å². The number of halogens is 4. The van der Waals surface area contributed by atoms with E-state index in [0.717, 1.165) is 41.0 Å². The maximum atomic E-state index is 13.9. The van der Waals surface area contributed by atoms with Gasteiger partial charge in [0.05, 0.1) is 19.8 Å². The van der Waals surface area contributed by atoms with Crippen molar-refractivity contribution >= 4 is 51.9 Å². The van der Waals surface area contributed by atoms with Gasteiger partial charge in [0, 0.05) is 31.4 Å². The second-order valence-electron chi connectivity index (χ2n) is 8.32. The minimum Gasteiger partial charge on any atom is -0.384 e. The van der Waals surface area contributed by atoms with E-state index < -0.39 is 18.1 Å². The first-order chi connectivity index (χ1) is 15.7. The molecule has 1 amide bonds. The van der Waals surface area contributed by atoms with Gasteiger partial charge in [-0.1, -0.05) is 28.4 Å². The largest absolute Gasteiger partial charge is 0.384 e. The number of amides is 1. The van der Waals surface area contributed by atoms with Gasteiger partial charge in [0.25, 0.3) is 0 Å². The smallest absolute Gasteiger partial charge is 0.220 e. The molecule has 2 aromatic rings. The molecule has 1 aliphatic carbocycles. The lowest BCUT2D eigenvalue weighted by atomic mass is 9.90. The van der Waals surface area contributed by atoms with Crippen LogP contribution in [0.4, 0.5) is 8.78 Å². The number of Topliss-reactive ketones (excluding diaryl/α,β-unsaturated/α-hetero) is 1. The van der Waals surface area contributed by atoms with Crippen LogP contribution in [0.5, 0.6) is 0 Å². The van der Waals surface area contributed by atoms with Crippen molar-refractivity contribution in [3.05, 3.63) is 54.4 Å². The Morgan fingerprint density at radius 2 is 1.91 bits per heavy atom. The first-order valence-corrected chi connectivity index (χ1v) is 12.2. The first-order valence-electron chi connectivity index (χ1n) is 10.6. The lowest BCUT2D eigenvalue weighted by Gasteiger charge is -2.22. The van der Waals surface area contributed by atoms with Gasteiger partial charge in [-0.2, -0.15) is 0 Å². The molecule has 1 N–H and O–H groups in total. The summed E-state index contributed by atoms with van der Waals surface area (Å²) in [5.74, 6) is -1.11. The van der Waals surface area contributed by atoms with Crippen LogP contribution < -0.4 is 5.32 Å². The van der Waals surface area contributed by atoms with E-state index in [0.29, 0.717) is 16.9 Å². The highest BCUT2D eigenvalue weighted by Gasteiger charge is 2.40. The highest BCUT2D eigenvalue weighted by molar-refractivity contribution is 7.16. The predicted molar refractivity (Wildman–Crippen MR) is 125 cm³/mol. The SMILES string of the molecule is C[C@@]1(c2cc(Cl)c(F)c(Cl)c2)CC(c2sc(C(=O)CCC(=O)NCCF)c3c2CCC3)=NO1. The second kappa shape index (κ2) is 9.68. The maximum absolute atomic E-state index is 13.9. The number of benzene rings is 1. The zero-order valence-electron chi connectivity index (χ0n) is 17.9. The molecule has 0 saturated carbocycles. The van der Waals surface area contributed by atoms with Crippen LogP contribution in [0.2, 0.25) is 10.0 Å². The van der Waals surface area contributed by atoms with Crippen LogP contribution in [0.1, 0.15) is 63.8 Å². The molecule has 4 rings (SSSR count). The van der Waals surface area contributed by atoms with Crippen molar-refractivity contribution in [1.82, 2.24) is 5.32 Å². The van der Waals surface area contributed by atoms with E-state index in [9.17, 15) is 18.4 Å². The number of alkyl halides is 1. The third-order valence-electron chi connectivity index (χ3n) is 5.94. The van der Waals surface area contributed by atoms with Crippen LogP contribution in [0.15, 0.2) is 17.3 Å². The number of rotatable bonds is 8. The van der Waals surface area contributed by atoms with Crippen molar-refractivity contribution in [2.45, 2.75) is 51.0 Å². The summed E-state index contributed by atoms with van der Waals surface area (Å²) < 4.78 is 26.1. The Labute approximate surface area is 204 Å². The van der Waals surface area contributed by atoms with E-state index in [-0.39, 0.29) is 41.1 Å². The van der Waals surface area contributed by atoms with Gasteiger partial charge in [-0.3, -0.25) is 9.59 Å². The zero-order chi connectivity index (χ0) is 23.8. The van der Waals surface area contributed by atoms with Crippen LogP contribution in [0, 0.1) is 5.82 Å². The maximum Gasteiger partial charge on any atom is 0.220 e. The Morgan fingerprint density at radius 3 is 2.61 bits per heavy atom. The van der Waals surface area contributed by atoms with Gasteiger partial charge in [0.15, 0.2) is 17.2 Å². The van der Waals surface area contributed by atoms with Crippen molar-refractivity contribution < 1.29 is 23.2 Å². The molecule has 1 aliphatic heterocycles. The van der Waals surface area contributed by atoms with Gasteiger partial charge in [0.2, 0.25) is 5.91 Å². The summed E-state index contributed by atoms with van der Waals surface area (Å²) >= 11 is 13.3. The third-order valence-corrected chi connectivity index (χ3v) is 7.85. The van der Waals surface area contributed by atoms with E-state index in [1.54, 1.807) is 0 Å². The summed E-state index contributed by atoms with van der Waals surface area (Å²) in [7, 11) is 0. The Balaban J connectivity index is 1.54. The van der Waals surface area contributed by atoms with Crippen molar-refractivity contribution in [3.63, 3.8) is 0 Å². The van der Waals surface area contributed by atoms with Gasteiger partial charge in [-0.25, -0.2) is 8.78 Å². The summed E-state index contributed by atoms with van der Waals surface area (Å²) in [4.78, 5) is 32.0. The fraction of sp³-hybridized carbons (Fsp3) is 0.435. The molecule has 1 aromatic carbocycles. The summed E-state index contributed by atoms with van der Waals surface area (Å²) in [6.45, 7) is 1.15. The number of oxime groups is 1. The van der Waals surface area contributed by atoms with Crippen LogP contribution >= 0.6 is 34.5 Å². The molecule has 33 heavy (non-hydrogen) atoms. The molecule has 0 unspecified atom stereocenters. The molecule has 0 bridgehead atoms. The lowest BCUT2D eigenvalue weighted by Crippen LogP contribution is -2.25. The van der Waals surface area contributed by atoms with Crippen LogP contribution in [-0.4, -0.2) is 30.6 Å². The van der Waals surface area contributed by atoms with E-state index in [1.807, 2.05) is 6.92 Å². The normalized spacial score (nSPS) is 19.2. The number of nitrogens with zero attached hydrogens (tertiary/aromatic N) is 1. The molecule has 0 spiro atoms. The molecule has 5 nitrogen and oxygen atoms in total. The molecular weight excluding hydrogens is 493 g/mol. The minimum atomic E-state index is -0.871. The molecule has 176 valence electrons. The molecule has 2 heterocycles. The van der Waals surface area contributed by atoms with Crippen molar-refractivity contribution in [2.24, 2.45) is 5.16 Å². The molecule has 1 aromatic heterocycles. The van der Waals surface area contributed by atoms with Gasteiger partial charge in [-0.15, -0.1) is 11.3 Å². The molecule has 2 aliphatic rings. The van der Waals surface area contributed by atoms with Crippen LogP contribution in [0.3, 0.4) is 0 Å². The van der Waals surface area contributed by atoms with E-state index in [1.165, 1.54) is 23.5 Å². The lowest BCUT2D eigenvalue weighted by molar-refractivity contribution is -0.121. The minimum absolute atomic E-state index is 0.0229. The Morgan fingerprint density at radius 1 is 1.21 bits per heavy atom. The Kier molecular flexibility index (Phi) is 7.07. The Bertz CT molecular complexity index is 1130. The molecule has 0 radical (unpaired) electrons. The number of fused-ring (bicyclic) bond motifs is 1. The quantitative estimate of drug-likeness (QED) is 0.359. The molecule has 10 heteroatoms. The monoisotopic (exact) mass is 514 g/mol. The highest BCUT2D eigenvalue weighted by atomic mass is 35.5. The van der Waals surface area contributed by atoms with Crippen LogP contribution in [0.25, 0.3) is 0 Å². The molecule has 0 saturated heterocycles. The number of hydrogen-bond acceptors (Lipinski definition) is 5. The van der Waals surface area contributed by atoms with Crippen molar-refractivity contribution in [3.8, 4) is 0 Å². The van der Waals surface area contributed by atoms with Gasteiger partial charge in [0.1, 0.15) is 12.4 Å². The topological polar surface area (TPSA) is 67.8 Å². The fourth-order valence-corrected chi connectivity index (χ4v) is 6.05. The number of carbonyl (C=O) groups excluding carboxylic acids is 2. The second-order valence-corrected chi connectivity index (χ2v) is 10.2. The zero-order valence-corrected chi connectivity index (χ0v) is 20.2. The van der Waals surface area contributed by atoms with Crippen LogP contribution in [-0.2, 0) is 28.1 Å². The molecule has 1 atom stereocenters. The van der Waals surface area contributed by atoms with Crippen molar-refractivity contribution in [2.75, 3.05) is 13.2 Å². The highest BCUT2D eigenvalue weighted by Crippen LogP contribution is 2.43. The number of nitrogens with one attached hydrogen (secondary N) is 1. The average molecular weight is 515 g/mol. The number of carbonyl (C=O) groups is 2. The Hall–Kier alpha value is -2.03. The van der Waals surface area contributed by atoms with E-state index in [2.05, 4.69) is 10.5 Å². The third kappa shape index (κ3) is 4.79. The van der Waals surface area contributed by atoms with Gasteiger partial charge < -0.3 is 10.2 Å². The number of hydrogen-bond donors (Lipinski definition) is 1. The van der Waals surface area contributed by atoms with Gasteiger partial charge >= 0.3 is 0 Å². The summed E-state index contributed by atoms with van der Waals surface area (Å²) in [5, 5.41) is 6.57. The van der Waals surface area contributed by atoms with Gasteiger partial charge in [-0.05, 0) is 49.4 Å². The standard InChI is InChI=1S/C23H22Cl2F2N2O3S/c1-23(12-9-15(24)20(27)16(25)10-12)11-17(29-32-23)21-13-3-2-4-14(13)22(33-21)18(30)5-6-19(31)28-8-7-26/h9-10H,2-8,11H2,1H3,(H,28,31)/t23-/m0/s1. The summed E-state index contributed by atoms with van der Waals surface area (Å²) in [6.07, 6.45) is 3.09. The van der Waals surface area contributed by atoms with Crippen molar-refractivity contribution in [1.29, 1.82) is 0 Å². The average Bonchev–Trinajstić information content (AvgIpc) is 3.49. The molecule has 0 fully saturated rings. The number of ketones is 1. The summed E-state index contributed by atoms with van der Waals surface area (Å²) in [6, 6.07) is 2.98. The predicted octanol–water partition coefficient (Wildman–Crippen LogP) is 5.77. The number of thiophene rings is 1. The summed E-state index contributed by atoms with van der Waals surface area (Å²) in [5.41, 5.74) is 2.59. The fourth-order valence-electron chi connectivity index (χ4n) is 4.22. The molecular formula is C23H22Cl2F2N2O3S. The van der Waals surface area contributed by atoms with E-state index in [4.69, 9.17) is 28.0 Å². The first kappa shape index (κ1) is 24.1.